The number of imidazole rings is 1. The van der Waals surface area contributed by atoms with Gasteiger partial charge in [0.1, 0.15) is 5.65 Å². The molecule has 6 nitrogen and oxygen atoms in total. The summed E-state index contributed by atoms with van der Waals surface area (Å²) in [5.41, 5.74) is 5.61. The first-order valence-electron chi connectivity index (χ1n) is 9.39. The zero-order valence-electron chi connectivity index (χ0n) is 15.9. The molecule has 1 amide bonds. The fourth-order valence-corrected chi connectivity index (χ4v) is 3.46. The van der Waals surface area contributed by atoms with Crippen molar-refractivity contribution in [1.82, 2.24) is 9.38 Å². The Hall–Kier alpha value is -3.80. The number of hydrogen-bond acceptors (Lipinski definition) is 4. The predicted octanol–water partition coefficient (Wildman–Crippen LogP) is 4.22. The molecule has 1 aliphatic rings. The van der Waals surface area contributed by atoms with E-state index < -0.39 is 0 Å². The van der Waals surface area contributed by atoms with Crippen LogP contribution in [0.2, 0.25) is 0 Å². The minimum Gasteiger partial charge on any atom is -0.454 e. The summed E-state index contributed by atoms with van der Waals surface area (Å²) >= 11 is 0. The number of ether oxygens (including phenoxy) is 2. The number of hydrogen-bond donors (Lipinski definition) is 1. The zero-order valence-corrected chi connectivity index (χ0v) is 15.9. The highest BCUT2D eigenvalue weighted by Crippen LogP contribution is 2.32. The number of aryl methyl sites for hydroxylation is 1. The quantitative estimate of drug-likeness (QED) is 0.571. The summed E-state index contributed by atoms with van der Waals surface area (Å²) < 4.78 is 12.7. The van der Waals surface area contributed by atoms with Crippen LogP contribution in [0.15, 0.2) is 67.0 Å². The molecule has 2 aromatic heterocycles. The first-order chi connectivity index (χ1) is 14.2. The lowest BCUT2D eigenvalue weighted by atomic mass is 10.1. The summed E-state index contributed by atoms with van der Waals surface area (Å²) in [6.07, 6.45) is 4.27. The van der Waals surface area contributed by atoms with Crippen LogP contribution in [-0.4, -0.2) is 22.1 Å². The van der Waals surface area contributed by atoms with Crippen LogP contribution in [0.5, 0.6) is 11.5 Å². The van der Waals surface area contributed by atoms with Gasteiger partial charge in [-0.15, -0.1) is 0 Å². The first kappa shape index (κ1) is 17.3. The van der Waals surface area contributed by atoms with E-state index in [1.54, 1.807) is 0 Å². The second-order valence-corrected chi connectivity index (χ2v) is 7.04. The molecule has 1 N–H and O–H groups in total. The average Bonchev–Trinajstić information content (AvgIpc) is 3.35. The molecule has 3 heterocycles. The number of carbonyl (C=O) groups is 1. The Kier molecular flexibility index (Phi) is 4.17. The molecule has 0 saturated carbocycles. The Balaban J connectivity index is 1.28. The Morgan fingerprint density at radius 1 is 1.10 bits per heavy atom. The normalized spacial score (nSPS) is 12.3. The molecule has 0 radical (unpaired) electrons. The van der Waals surface area contributed by atoms with Crippen molar-refractivity contribution >= 4 is 17.2 Å². The molecule has 0 fully saturated rings. The number of aromatic nitrogens is 2. The van der Waals surface area contributed by atoms with E-state index in [0.29, 0.717) is 11.5 Å². The molecule has 0 bridgehead atoms. The lowest BCUT2D eigenvalue weighted by molar-refractivity contribution is -0.115. The third-order valence-electron chi connectivity index (χ3n) is 4.94. The molecule has 0 atom stereocenters. The highest BCUT2D eigenvalue weighted by Gasteiger charge is 2.14. The summed E-state index contributed by atoms with van der Waals surface area (Å²) in [4.78, 5) is 17.1. The van der Waals surface area contributed by atoms with Gasteiger partial charge >= 0.3 is 0 Å². The van der Waals surface area contributed by atoms with Gasteiger partial charge in [-0.25, -0.2) is 4.98 Å². The van der Waals surface area contributed by atoms with Gasteiger partial charge in [-0.2, -0.15) is 0 Å². The summed E-state index contributed by atoms with van der Waals surface area (Å²) in [6.45, 7) is 2.27. The molecule has 1 aliphatic heterocycles. The fourth-order valence-electron chi connectivity index (χ4n) is 3.46. The van der Waals surface area contributed by atoms with Crippen LogP contribution >= 0.6 is 0 Å². The van der Waals surface area contributed by atoms with Gasteiger partial charge in [-0.3, -0.25) is 4.79 Å². The van der Waals surface area contributed by atoms with Crippen LogP contribution < -0.4 is 14.8 Å². The van der Waals surface area contributed by atoms with Crippen LogP contribution in [0.3, 0.4) is 0 Å². The van der Waals surface area contributed by atoms with E-state index in [4.69, 9.17) is 14.5 Å². The lowest BCUT2D eigenvalue weighted by Crippen LogP contribution is -2.14. The zero-order chi connectivity index (χ0) is 19.8. The third-order valence-corrected chi connectivity index (χ3v) is 4.94. The summed E-state index contributed by atoms with van der Waals surface area (Å²) in [5.74, 6) is 1.31. The van der Waals surface area contributed by atoms with E-state index in [2.05, 4.69) is 5.32 Å². The number of anilines is 1. The number of nitrogens with zero attached hydrogens (tertiary/aromatic N) is 2. The lowest BCUT2D eigenvalue weighted by Gasteiger charge is -2.07. The van der Waals surface area contributed by atoms with Crippen molar-refractivity contribution in [2.24, 2.45) is 0 Å². The van der Waals surface area contributed by atoms with Crippen molar-refractivity contribution in [2.75, 3.05) is 12.1 Å². The fraction of sp³-hybridized carbons (Fsp3) is 0.130. The summed E-state index contributed by atoms with van der Waals surface area (Å²) in [6, 6.07) is 17.3. The van der Waals surface area contributed by atoms with Gasteiger partial charge in [0.25, 0.3) is 0 Å². The van der Waals surface area contributed by atoms with E-state index in [1.165, 1.54) is 0 Å². The van der Waals surface area contributed by atoms with E-state index in [9.17, 15) is 4.79 Å². The molecule has 29 heavy (non-hydrogen) atoms. The van der Waals surface area contributed by atoms with Gasteiger partial charge in [-0.1, -0.05) is 24.3 Å². The largest absolute Gasteiger partial charge is 0.454 e. The average molecular weight is 385 g/mol. The summed E-state index contributed by atoms with van der Waals surface area (Å²) in [5, 5.41) is 2.94. The molecule has 0 spiro atoms. The van der Waals surface area contributed by atoms with Gasteiger partial charge in [0, 0.05) is 23.6 Å². The second-order valence-electron chi connectivity index (χ2n) is 7.04. The van der Waals surface area contributed by atoms with Gasteiger partial charge < -0.3 is 19.2 Å². The van der Waals surface area contributed by atoms with E-state index >= 15 is 0 Å². The van der Waals surface area contributed by atoms with Crippen molar-refractivity contribution in [1.29, 1.82) is 0 Å². The standard InChI is InChI=1S/C23H19N3O3/c1-15-3-2-10-26-13-19(25-23(15)26)17-5-7-18(8-6-17)24-22(27)12-16-4-9-20-21(11-16)29-14-28-20/h2-11,13H,12,14H2,1H3,(H,24,27). The molecular weight excluding hydrogens is 366 g/mol. The summed E-state index contributed by atoms with van der Waals surface area (Å²) in [7, 11) is 0. The number of rotatable bonds is 4. The molecule has 4 aromatic rings. The maximum atomic E-state index is 12.4. The molecule has 6 heteroatoms. The van der Waals surface area contributed by atoms with Crippen LogP contribution in [0, 0.1) is 6.92 Å². The highest BCUT2D eigenvalue weighted by atomic mass is 16.7. The monoisotopic (exact) mass is 385 g/mol. The van der Waals surface area contributed by atoms with Gasteiger partial charge in [0.15, 0.2) is 11.5 Å². The predicted molar refractivity (Wildman–Crippen MR) is 110 cm³/mol. The first-order valence-corrected chi connectivity index (χ1v) is 9.39. The molecule has 144 valence electrons. The Morgan fingerprint density at radius 3 is 2.76 bits per heavy atom. The molecule has 0 unspecified atom stereocenters. The maximum absolute atomic E-state index is 12.4. The maximum Gasteiger partial charge on any atom is 0.231 e. The number of benzene rings is 2. The molecule has 0 aliphatic carbocycles. The van der Waals surface area contributed by atoms with Gasteiger partial charge in [0.2, 0.25) is 12.7 Å². The van der Waals surface area contributed by atoms with Crippen molar-refractivity contribution in [3.63, 3.8) is 0 Å². The van der Waals surface area contributed by atoms with Crippen LogP contribution in [-0.2, 0) is 11.2 Å². The Morgan fingerprint density at radius 2 is 1.93 bits per heavy atom. The molecule has 0 saturated heterocycles. The minimum atomic E-state index is -0.0834. The van der Waals surface area contributed by atoms with Crippen molar-refractivity contribution in [3.8, 4) is 22.8 Å². The van der Waals surface area contributed by atoms with E-state index in [1.807, 2.05) is 78.3 Å². The number of carbonyl (C=O) groups excluding carboxylic acids is 1. The van der Waals surface area contributed by atoms with Crippen molar-refractivity contribution in [3.05, 3.63) is 78.1 Å². The van der Waals surface area contributed by atoms with Gasteiger partial charge in [-0.05, 0) is 48.4 Å². The van der Waals surface area contributed by atoms with E-state index in [0.717, 1.165) is 33.7 Å². The Labute approximate surface area is 167 Å². The van der Waals surface area contributed by atoms with Crippen molar-refractivity contribution in [2.45, 2.75) is 13.3 Å². The molecule has 5 rings (SSSR count). The Bertz CT molecular complexity index is 1210. The van der Waals surface area contributed by atoms with Crippen LogP contribution in [0.4, 0.5) is 5.69 Å². The topological polar surface area (TPSA) is 64.9 Å². The van der Waals surface area contributed by atoms with Crippen LogP contribution in [0.25, 0.3) is 16.9 Å². The van der Waals surface area contributed by atoms with Crippen LogP contribution in [0.1, 0.15) is 11.1 Å². The second kappa shape index (κ2) is 6.98. The number of pyridine rings is 1. The third kappa shape index (κ3) is 3.40. The smallest absolute Gasteiger partial charge is 0.231 e. The van der Waals surface area contributed by atoms with E-state index in [-0.39, 0.29) is 19.1 Å². The minimum absolute atomic E-state index is 0.0834. The molecule has 2 aromatic carbocycles. The number of amides is 1. The highest BCUT2D eigenvalue weighted by molar-refractivity contribution is 5.92. The molecular formula is C23H19N3O3. The van der Waals surface area contributed by atoms with Crippen molar-refractivity contribution < 1.29 is 14.3 Å². The number of fused-ring (bicyclic) bond motifs is 2. The number of nitrogens with one attached hydrogen (secondary N) is 1. The van der Waals surface area contributed by atoms with Gasteiger partial charge in [0.05, 0.1) is 12.1 Å². The SMILES string of the molecule is Cc1cccn2cc(-c3ccc(NC(=O)Cc4ccc5c(c4)OCO5)cc3)nc12.